The fourth-order valence-electron chi connectivity index (χ4n) is 2.54. The fraction of sp³-hybridized carbons (Fsp3) is 0.500. The number of fused-ring (bicyclic) bond motifs is 1. The van der Waals surface area contributed by atoms with Gasteiger partial charge in [0.25, 0.3) is 0 Å². The summed E-state index contributed by atoms with van der Waals surface area (Å²) in [6.45, 7) is 4.97. The van der Waals surface area contributed by atoms with Gasteiger partial charge >= 0.3 is 0 Å². The highest BCUT2D eigenvalue weighted by atomic mass is 16.5. The van der Waals surface area contributed by atoms with Gasteiger partial charge in [-0.25, -0.2) is 4.98 Å². The van der Waals surface area contributed by atoms with Crippen LogP contribution in [-0.2, 0) is 11.2 Å². The lowest BCUT2D eigenvalue weighted by Crippen LogP contribution is -2.43. The summed E-state index contributed by atoms with van der Waals surface area (Å²) < 4.78 is 7.26. The number of pyridine rings is 1. The van der Waals surface area contributed by atoms with Crippen molar-refractivity contribution in [3.63, 3.8) is 0 Å². The van der Waals surface area contributed by atoms with E-state index >= 15 is 0 Å². The summed E-state index contributed by atoms with van der Waals surface area (Å²) in [5, 5.41) is 3.38. The number of methoxy groups -OCH3 is 1. The van der Waals surface area contributed by atoms with Crippen LogP contribution in [0.2, 0.25) is 0 Å². The van der Waals surface area contributed by atoms with Crippen LogP contribution in [0.25, 0.3) is 5.52 Å². The number of piperazine rings is 1. The molecule has 5 heteroatoms. The Morgan fingerprint density at radius 3 is 3.00 bits per heavy atom. The number of hydrogen-bond acceptors (Lipinski definition) is 4. The smallest absolute Gasteiger partial charge is 0.115 e. The van der Waals surface area contributed by atoms with Crippen molar-refractivity contribution < 1.29 is 4.74 Å². The molecule has 0 radical (unpaired) electrons. The zero-order valence-electron chi connectivity index (χ0n) is 11.3. The van der Waals surface area contributed by atoms with Crippen molar-refractivity contribution in [2.24, 2.45) is 0 Å². The molecule has 1 saturated heterocycles. The molecule has 0 spiro atoms. The second-order valence-electron chi connectivity index (χ2n) is 4.83. The third-order valence-electron chi connectivity index (χ3n) is 3.60. The second-order valence-corrected chi connectivity index (χ2v) is 4.83. The maximum Gasteiger partial charge on any atom is 0.115 e. The molecule has 3 rings (SSSR count). The molecule has 1 N–H and O–H groups in total. The highest BCUT2D eigenvalue weighted by Crippen LogP contribution is 2.18. The molecule has 0 amide bonds. The summed E-state index contributed by atoms with van der Waals surface area (Å²) in [7, 11) is 1.72. The summed E-state index contributed by atoms with van der Waals surface area (Å²) in [6.07, 6.45) is 4.90. The van der Waals surface area contributed by atoms with Crippen LogP contribution in [0, 0.1) is 0 Å². The van der Waals surface area contributed by atoms with Gasteiger partial charge in [0.05, 0.1) is 18.3 Å². The summed E-state index contributed by atoms with van der Waals surface area (Å²) in [5.74, 6) is 1.06. The molecule has 2 aromatic heterocycles. The topological polar surface area (TPSA) is 41.8 Å². The Morgan fingerprint density at radius 1 is 1.37 bits per heavy atom. The fourth-order valence-corrected chi connectivity index (χ4v) is 2.54. The maximum absolute atomic E-state index is 5.11. The molecule has 0 atom stereocenters. The highest BCUT2D eigenvalue weighted by Gasteiger charge is 2.11. The van der Waals surface area contributed by atoms with Gasteiger partial charge in [0.2, 0.25) is 0 Å². The Bertz CT molecular complexity index is 545. The number of rotatable bonds is 4. The van der Waals surface area contributed by atoms with E-state index in [1.807, 2.05) is 6.20 Å². The summed E-state index contributed by atoms with van der Waals surface area (Å²) in [4.78, 5) is 6.89. The van der Waals surface area contributed by atoms with Gasteiger partial charge < -0.3 is 19.4 Å². The number of hydrogen-bond donors (Lipinski definition) is 1. The van der Waals surface area contributed by atoms with E-state index in [0.29, 0.717) is 6.61 Å². The zero-order chi connectivity index (χ0) is 13.1. The van der Waals surface area contributed by atoms with Gasteiger partial charge in [0.15, 0.2) is 0 Å². The molecule has 19 heavy (non-hydrogen) atoms. The summed E-state index contributed by atoms with van der Waals surface area (Å²) in [6, 6.07) is 4.39. The van der Waals surface area contributed by atoms with Gasteiger partial charge in [-0.3, -0.25) is 0 Å². The predicted molar refractivity (Wildman–Crippen MR) is 75.9 cm³/mol. The van der Waals surface area contributed by atoms with Crippen molar-refractivity contribution in [1.29, 1.82) is 0 Å². The van der Waals surface area contributed by atoms with Crippen LogP contribution >= 0.6 is 0 Å². The quantitative estimate of drug-likeness (QED) is 0.888. The molecule has 102 valence electrons. The van der Waals surface area contributed by atoms with E-state index in [2.05, 4.69) is 37.9 Å². The average Bonchev–Trinajstić information content (AvgIpc) is 2.88. The average molecular weight is 260 g/mol. The Labute approximate surface area is 113 Å². The standard InChI is InChI=1S/C14H20N4O/c1-19-9-3-14-16-11-13-10-12(2-6-18(13)14)17-7-4-15-5-8-17/h2,6,10-11,15H,3-5,7-9H2,1H3. The Kier molecular flexibility index (Phi) is 3.66. The first-order valence-corrected chi connectivity index (χ1v) is 6.79. The van der Waals surface area contributed by atoms with Crippen molar-refractivity contribution in [1.82, 2.24) is 14.7 Å². The van der Waals surface area contributed by atoms with Crippen molar-refractivity contribution >= 4 is 11.2 Å². The largest absolute Gasteiger partial charge is 0.384 e. The van der Waals surface area contributed by atoms with Crippen LogP contribution in [0.15, 0.2) is 24.5 Å². The Morgan fingerprint density at radius 2 is 2.21 bits per heavy atom. The third-order valence-corrected chi connectivity index (χ3v) is 3.60. The SMILES string of the molecule is COCCc1ncc2cc(N3CCNCC3)ccn12. The highest BCUT2D eigenvalue weighted by molar-refractivity contribution is 5.59. The lowest BCUT2D eigenvalue weighted by Gasteiger charge is -2.29. The van der Waals surface area contributed by atoms with E-state index in [0.717, 1.165) is 43.9 Å². The number of imidazole rings is 1. The van der Waals surface area contributed by atoms with Crippen LogP contribution in [0.4, 0.5) is 5.69 Å². The van der Waals surface area contributed by atoms with E-state index in [9.17, 15) is 0 Å². The molecule has 3 heterocycles. The predicted octanol–water partition coefficient (Wildman–Crippen LogP) is 0.933. The molecule has 0 saturated carbocycles. The Hall–Kier alpha value is -1.59. The molecule has 0 bridgehead atoms. The monoisotopic (exact) mass is 260 g/mol. The van der Waals surface area contributed by atoms with Crippen LogP contribution in [0.1, 0.15) is 5.82 Å². The van der Waals surface area contributed by atoms with Crippen molar-refractivity contribution in [2.45, 2.75) is 6.42 Å². The molecule has 0 unspecified atom stereocenters. The molecule has 5 nitrogen and oxygen atoms in total. The van der Waals surface area contributed by atoms with E-state index in [4.69, 9.17) is 4.74 Å². The normalized spacial score (nSPS) is 16.2. The van der Waals surface area contributed by atoms with Crippen LogP contribution in [0.5, 0.6) is 0 Å². The van der Waals surface area contributed by atoms with Crippen molar-refractivity contribution in [3.05, 3.63) is 30.4 Å². The first-order chi connectivity index (χ1) is 9.38. The summed E-state index contributed by atoms with van der Waals surface area (Å²) in [5.41, 5.74) is 2.44. The van der Waals surface area contributed by atoms with Gasteiger partial charge in [-0.05, 0) is 12.1 Å². The minimum atomic E-state index is 0.707. The van der Waals surface area contributed by atoms with Crippen LogP contribution in [0.3, 0.4) is 0 Å². The Balaban J connectivity index is 1.85. The molecular weight excluding hydrogens is 240 g/mol. The van der Waals surface area contributed by atoms with Crippen LogP contribution < -0.4 is 10.2 Å². The van der Waals surface area contributed by atoms with Crippen LogP contribution in [-0.4, -0.2) is 49.3 Å². The van der Waals surface area contributed by atoms with E-state index in [1.54, 1.807) is 7.11 Å². The molecule has 2 aromatic rings. The number of ether oxygens (including phenoxy) is 1. The molecule has 0 aromatic carbocycles. The lowest BCUT2D eigenvalue weighted by atomic mass is 10.3. The second kappa shape index (κ2) is 5.59. The number of aromatic nitrogens is 2. The molecule has 0 aliphatic carbocycles. The lowest BCUT2D eigenvalue weighted by molar-refractivity contribution is 0.200. The van der Waals surface area contributed by atoms with Crippen molar-refractivity contribution in [3.8, 4) is 0 Å². The number of nitrogens with zero attached hydrogens (tertiary/aromatic N) is 3. The van der Waals surface area contributed by atoms with E-state index < -0.39 is 0 Å². The third kappa shape index (κ3) is 2.57. The van der Waals surface area contributed by atoms with Gasteiger partial charge in [0, 0.05) is 51.6 Å². The van der Waals surface area contributed by atoms with E-state index in [-0.39, 0.29) is 0 Å². The van der Waals surface area contributed by atoms with Gasteiger partial charge in [-0.2, -0.15) is 0 Å². The van der Waals surface area contributed by atoms with Gasteiger partial charge in [0.1, 0.15) is 5.82 Å². The number of nitrogens with one attached hydrogen (secondary N) is 1. The first kappa shape index (κ1) is 12.4. The van der Waals surface area contributed by atoms with Gasteiger partial charge in [-0.1, -0.05) is 0 Å². The zero-order valence-corrected chi connectivity index (χ0v) is 11.3. The maximum atomic E-state index is 5.11. The van der Waals surface area contributed by atoms with Crippen molar-refractivity contribution in [2.75, 3.05) is 44.8 Å². The van der Waals surface area contributed by atoms with Gasteiger partial charge in [-0.15, -0.1) is 0 Å². The summed E-state index contributed by atoms with van der Waals surface area (Å²) >= 11 is 0. The molecule has 1 aliphatic rings. The molecule has 1 aliphatic heterocycles. The minimum absolute atomic E-state index is 0.707. The number of anilines is 1. The minimum Gasteiger partial charge on any atom is -0.384 e. The molecular formula is C14H20N4O. The molecule has 1 fully saturated rings. The first-order valence-electron chi connectivity index (χ1n) is 6.79. The van der Waals surface area contributed by atoms with E-state index in [1.165, 1.54) is 5.69 Å².